The minimum Gasteiger partial charge on any atom is -0.389 e. The van der Waals surface area contributed by atoms with Gasteiger partial charge in [0, 0.05) is 31.4 Å². The topological polar surface area (TPSA) is 101 Å². The first-order valence-corrected chi connectivity index (χ1v) is 12.8. The van der Waals surface area contributed by atoms with Crippen molar-refractivity contribution in [2.45, 2.75) is 68.4 Å². The zero-order valence-electron chi connectivity index (χ0n) is 18.7. The number of nitrogens with zero attached hydrogens (tertiary/aromatic N) is 2. The third kappa shape index (κ3) is 6.97. The quantitative estimate of drug-likeness (QED) is 0.560. The molecule has 1 saturated carbocycles. The Bertz CT molecular complexity index is 1130. The predicted molar refractivity (Wildman–Crippen MR) is 121 cm³/mol. The van der Waals surface area contributed by atoms with Crippen LogP contribution in [0.25, 0.3) is 0 Å². The molecule has 2 atom stereocenters. The number of carbonyl (C=O) groups excluding carboxylic acids is 1. The Morgan fingerprint density at radius 1 is 1.39 bits per heavy atom. The van der Waals surface area contributed by atoms with E-state index in [1.54, 1.807) is 26.1 Å². The van der Waals surface area contributed by atoms with Gasteiger partial charge in [-0.05, 0) is 50.3 Å². The van der Waals surface area contributed by atoms with Gasteiger partial charge < -0.3 is 10.4 Å². The van der Waals surface area contributed by atoms with Crippen LogP contribution in [0.2, 0.25) is 5.02 Å². The lowest BCUT2D eigenvalue weighted by Gasteiger charge is -2.21. The molecular formula is C22H28ClF2N3O4S. The maximum atomic E-state index is 13.8. The number of hydrogen-bond donors (Lipinski definition) is 2. The second-order valence-electron chi connectivity index (χ2n) is 9.42. The highest BCUT2D eigenvalue weighted by molar-refractivity contribution is 7.90. The van der Waals surface area contributed by atoms with Gasteiger partial charge in [0.05, 0.1) is 28.0 Å². The van der Waals surface area contributed by atoms with E-state index in [0.717, 1.165) is 6.26 Å². The minimum absolute atomic E-state index is 0.0287. The van der Waals surface area contributed by atoms with E-state index in [1.165, 1.54) is 22.9 Å². The van der Waals surface area contributed by atoms with Crippen LogP contribution in [0.4, 0.5) is 14.6 Å². The standard InChI is InChI=1S/C22H28ClF2N3O4S/c1-21(2,30)13-28-9-7-19(27-28)26-20(29)16(10-14-6-8-22(24,25)12-14)15-4-5-18(17(23)11-15)33(3,31)32/h4-5,7,9,11,14,16,30H,6,8,10,12-13H2,1-3H3,(H,26,27,29)/t14-,16-/m1/s1. The van der Waals surface area contributed by atoms with Gasteiger partial charge in [0.15, 0.2) is 15.7 Å². The Kier molecular flexibility index (Phi) is 7.21. The Balaban J connectivity index is 1.86. The van der Waals surface area contributed by atoms with Crippen molar-refractivity contribution < 1.29 is 27.1 Å². The van der Waals surface area contributed by atoms with E-state index in [4.69, 9.17) is 11.6 Å². The average Bonchev–Trinajstić information content (AvgIpc) is 3.22. The number of rotatable bonds is 8. The van der Waals surface area contributed by atoms with Gasteiger partial charge in [0.25, 0.3) is 0 Å². The molecule has 7 nitrogen and oxygen atoms in total. The van der Waals surface area contributed by atoms with Gasteiger partial charge in [0.2, 0.25) is 11.8 Å². The van der Waals surface area contributed by atoms with Gasteiger partial charge in [-0.1, -0.05) is 17.7 Å². The van der Waals surface area contributed by atoms with Crippen LogP contribution >= 0.6 is 11.6 Å². The molecule has 33 heavy (non-hydrogen) atoms. The molecule has 1 amide bonds. The highest BCUT2D eigenvalue weighted by Gasteiger charge is 2.41. The molecule has 0 saturated heterocycles. The molecule has 3 rings (SSSR count). The number of nitrogens with one attached hydrogen (secondary N) is 1. The van der Waals surface area contributed by atoms with Crippen LogP contribution in [0.3, 0.4) is 0 Å². The van der Waals surface area contributed by atoms with Crippen molar-refractivity contribution in [1.82, 2.24) is 9.78 Å². The number of carbonyl (C=O) groups is 1. The van der Waals surface area contributed by atoms with Crippen LogP contribution in [0.5, 0.6) is 0 Å². The summed E-state index contributed by atoms with van der Waals surface area (Å²) < 4.78 is 52.8. The predicted octanol–water partition coefficient (Wildman–Crippen LogP) is 4.26. The van der Waals surface area contributed by atoms with Crippen molar-refractivity contribution in [2.24, 2.45) is 5.92 Å². The minimum atomic E-state index is -3.56. The largest absolute Gasteiger partial charge is 0.389 e. The molecule has 0 bridgehead atoms. The lowest BCUT2D eigenvalue weighted by atomic mass is 9.87. The Morgan fingerprint density at radius 3 is 2.64 bits per heavy atom. The van der Waals surface area contributed by atoms with Gasteiger partial charge in [-0.25, -0.2) is 17.2 Å². The summed E-state index contributed by atoms with van der Waals surface area (Å²) in [7, 11) is -3.56. The highest BCUT2D eigenvalue weighted by atomic mass is 35.5. The van der Waals surface area contributed by atoms with Gasteiger partial charge in [-0.3, -0.25) is 9.48 Å². The van der Waals surface area contributed by atoms with Gasteiger partial charge >= 0.3 is 0 Å². The van der Waals surface area contributed by atoms with E-state index in [2.05, 4.69) is 10.4 Å². The molecule has 0 unspecified atom stereocenters. The summed E-state index contributed by atoms with van der Waals surface area (Å²) in [4.78, 5) is 13.1. The van der Waals surface area contributed by atoms with Gasteiger partial charge in [-0.15, -0.1) is 0 Å². The van der Waals surface area contributed by atoms with Crippen LogP contribution in [-0.4, -0.2) is 47.0 Å². The first kappa shape index (κ1) is 25.6. The summed E-state index contributed by atoms with van der Waals surface area (Å²) in [6.45, 7) is 3.47. The van der Waals surface area contributed by atoms with Crippen LogP contribution < -0.4 is 5.32 Å². The summed E-state index contributed by atoms with van der Waals surface area (Å²) in [5.74, 6) is -4.14. The molecule has 1 aliphatic carbocycles. The van der Waals surface area contributed by atoms with Crippen molar-refractivity contribution in [3.05, 3.63) is 41.0 Å². The zero-order valence-corrected chi connectivity index (χ0v) is 20.3. The van der Waals surface area contributed by atoms with Crippen molar-refractivity contribution in [2.75, 3.05) is 11.6 Å². The summed E-state index contributed by atoms with van der Waals surface area (Å²) in [6.07, 6.45) is 2.58. The average molecular weight is 504 g/mol. The molecule has 0 spiro atoms. The molecular weight excluding hydrogens is 476 g/mol. The third-order valence-electron chi connectivity index (χ3n) is 5.59. The molecule has 0 aliphatic heterocycles. The maximum Gasteiger partial charge on any atom is 0.248 e. The van der Waals surface area contributed by atoms with Crippen LogP contribution in [0.1, 0.15) is 51.0 Å². The summed E-state index contributed by atoms with van der Waals surface area (Å²) in [6, 6.07) is 5.80. The molecule has 1 aromatic carbocycles. The summed E-state index contributed by atoms with van der Waals surface area (Å²) >= 11 is 6.18. The normalized spacial score (nSPS) is 19.4. The van der Waals surface area contributed by atoms with Crippen molar-refractivity contribution in [3.8, 4) is 0 Å². The summed E-state index contributed by atoms with van der Waals surface area (Å²) in [5, 5.41) is 16.8. The van der Waals surface area contributed by atoms with E-state index in [9.17, 15) is 27.1 Å². The molecule has 0 radical (unpaired) electrons. The lowest BCUT2D eigenvalue weighted by Crippen LogP contribution is -2.27. The van der Waals surface area contributed by atoms with E-state index >= 15 is 0 Å². The first-order chi connectivity index (χ1) is 15.1. The number of sulfone groups is 1. The zero-order chi connectivity index (χ0) is 24.6. The van der Waals surface area contributed by atoms with Crippen LogP contribution in [0, 0.1) is 5.92 Å². The van der Waals surface area contributed by atoms with Gasteiger partial charge in [0.1, 0.15) is 0 Å². The first-order valence-electron chi connectivity index (χ1n) is 10.6. The van der Waals surface area contributed by atoms with Crippen molar-refractivity contribution >= 4 is 33.2 Å². The third-order valence-corrected chi connectivity index (χ3v) is 7.17. The molecule has 2 aromatic rings. The highest BCUT2D eigenvalue weighted by Crippen LogP contribution is 2.43. The number of alkyl halides is 2. The molecule has 11 heteroatoms. The Labute approximate surface area is 197 Å². The van der Waals surface area contributed by atoms with Crippen LogP contribution in [0.15, 0.2) is 35.4 Å². The monoisotopic (exact) mass is 503 g/mol. The SMILES string of the molecule is CC(C)(O)Cn1ccc(NC(=O)[C@H](C[C@H]2CCC(F)(F)C2)c2ccc(S(C)(=O)=O)c(Cl)c2)n1. The Morgan fingerprint density at radius 2 is 2.09 bits per heavy atom. The molecule has 1 heterocycles. The van der Waals surface area contributed by atoms with E-state index in [-0.39, 0.29) is 47.5 Å². The maximum absolute atomic E-state index is 13.8. The number of halogens is 3. The molecule has 1 aromatic heterocycles. The second-order valence-corrected chi connectivity index (χ2v) is 11.8. The fourth-order valence-corrected chi connectivity index (χ4v) is 5.47. The smallest absolute Gasteiger partial charge is 0.248 e. The number of benzene rings is 1. The molecule has 1 fully saturated rings. The molecule has 2 N–H and O–H groups in total. The number of hydrogen-bond acceptors (Lipinski definition) is 5. The van der Waals surface area contributed by atoms with Gasteiger partial charge in [-0.2, -0.15) is 5.10 Å². The molecule has 182 valence electrons. The summed E-state index contributed by atoms with van der Waals surface area (Å²) in [5.41, 5.74) is -0.558. The Hall–Kier alpha value is -2.04. The lowest BCUT2D eigenvalue weighted by molar-refractivity contribution is -0.118. The number of amides is 1. The number of anilines is 1. The number of aliphatic hydroxyl groups is 1. The second kappa shape index (κ2) is 9.31. The van der Waals surface area contributed by atoms with E-state index in [1.807, 2.05) is 0 Å². The molecule has 1 aliphatic rings. The van der Waals surface area contributed by atoms with E-state index < -0.39 is 33.2 Å². The fraction of sp³-hybridized carbons (Fsp3) is 0.545. The van der Waals surface area contributed by atoms with Crippen molar-refractivity contribution in [3.63, 3.8) is 0 Å². The fourth-order valence-electron chi connectivity index (χ4n) is 4.13. The number of aromatic nitrogens is 2. The van der Waals surface area contributed by atoms with Crippen molar-refractivity contribution in [1.29, 1.82) is 0 Å². The van der Waals surface area contributed by atoms with Crippen LogP contribution in [-0.2, 0) is 21.2 Å². The van der Waals surface area contributed by atoms with E-state index in [0.29, 0.717) is 12.0 Å².